The Bertz CT molecular complexity index is 1840. The van der Waals surface area contributed by atoms with Gasteiger partial charge < -0.3 is 57.1 Å². The molecule has 9 atom stereocenters. The molecule has 1 fully saturated rings. The van der Waals surface area contributed by atoms with E-state index in [1.54, 1.807) is 24.3 Å². The standard InChI is InChI=1S/C34H44N8O11S/c1-14-27(47)38-22-11-19-18-6-4-5-7-20(18)40-33(19)54-13-23(34(53)42-12-17(44)10-24(42)31(51)36-14)39-32(52)26(16(3)43)41-28(48)15(2)35-29(49)21(37-30(22)50)8-9-25(45)46/h4-7,14-17,21-24,26,40,43-44H,8-13H2,1-3H3,(H,35,49)(H,36,51)(H,37,50)(H,38,47)(H,39,52)(H,41,48)(H,45,46)/t14-,15-,16-,17-,21-,22-,23-,24-,26+/m0/s1. The van der Waals surface area contributed by atoms with Crippen molar-refractivity contribution in [2.24, 2.45) is 0 Å². The predicted molar refractivity (Wildman–Crippen MR) is 190 cm³/mol. The van der Waals surface area contributed by atoms with Crippen LogP contribution in [0.15, 0.2) is 29.3 Å². The molecule has 292 valence electrons. The summed E-state index contributed by atoms with van der Waals surface area (Å²) in [5.74, 6) is -7.52. The van der Waals surface area contributed by atoms with Gasteiger partial charge in [0.25, 0.3) is 0 Å². The SMILES string of the molecule is C[C@@H]1NC(=O)[C@H](CCC(=O)O)NC(=O)[C@@H]2Cc3c([nH]c4ccccc34)SC[C@H](NC(=O)[C@@H]([C@H](C)O)NC1=O)C(=O)N1C[C@@H](O)C[C@H]1C(=O)N[C@@H](C)C(=O)N2. The largest absolute Gasteiger partial charge is 0.481 e. The van der Waals surface area contributed by atoms with Gasteiger partial charge in [0, 0.05) is 42.5 Å². The average molecular weight is 773 g/mol. The third-order valence-electron chi connectivity index (χ3n) is 9.54. The summed E-state index contributed by atoms with van der Waals surface area (Å²) in [7, 11) is 0. The lowest BCUT2D eigenvalue weighted by Crippen LogP contribution is -2.61. The molecule has 2 aromatic rings. The maximum Gasteiger partial charge on any atom is 0.303 e. The van der Waals surface area contributed by atoms with Crippen LogP contribution in [-0.4, -0.2) is 139 Å². The van der Waals surface area contributed by atoms with Crippen LogP contribution in [0.4, 0.5) is 0 Å². The number of H-pyrrole nitrogens is 1. The fraction of sp³-hybridized carbons (Fsp3) is 0.529. The second kappa shape index (κ2) is 16.9. The number of carboxylic acids is 1. The van der Waals surface area contributed by atoms with E-state index in [1.165, 1.54) is 20.8 Å². The lowest BCUT2D eigenvalue weighted by molar-refractivity contribution is -0.142. The lowest BCUT2D eigenvalue weighted by Gasteiger charge is -2.30. The molecule has 20 heteroatoms. The van der Waals surface area contributed by atoms with Gasteiger partial charge in [-0.2, -0.15) is 0 Å². The van der Waals surface area contributed by atoms with Gasteiger partial charge >= 0.3 is 5.97 Å². The minimum absolute atomic E-state index is 0.171. The molecule has 3 aliphatic heterocycles. The molecule has 0 aliphatic carbocycles. The Labute approximate surface area is 313 Å². The average Bonchev–Trinajstić information content (AvgIpc) is 3.68. The van der Waals surface area contributed by atoms with Gasteiger partial charge in [-0.1, -0.05) is 18.2 Å². The number of carboxylic acid groups (broad SMARTS) is 1. The highest BCUT2D eigenvalue weighted by atomic mass is 32.2. The number of aromatic nitrogens is 1. The molecule has 19 nitrogen and oxygen atoms in total. The van der Waals surface area contributed by atoms with Crippen LogP contribution in [-0.2, 0) is 44.8 Å². The second-order valence-corrected chi connectivity index (χ2v) is 14.7. The first-order valence-corrected chi connectivity index (χ1v) is 18.5. The van der Waals surface area contributed by atoms with E-state index < -0.39 is 115 Å². The van der Waals surface area contributed by atoms with Crippen molar-refractivity contribution in [3.63, 3.8) is 0 Å². The van der Waals surface area contributed by atoms with Crippen molar-refractivity contribution in [2.45, 2.75) is 106 Å². The van der Waals surface area contributed by atoms with Gasteiger partial charge in [-0.25, -0.2) is 0 Å². The van der Waals surface area contributed by atoms with E-state index in [0.717, 1.165) is 16.7 Å². The van der Waals surface area contributed by atoms with Crippen LogP contribution >= 0.6 is 11.8 Å². The summed E-state index contributed by atoms with van der Waals surface area (Å²) in [6.45, 7) is 3.58. The van der Waals surface area contributed by atoms with Gasteiger partial charge in [-0.05, 0) is 38.8 Å². The third kappa shape index (κ3) is 9.11. The number of hydrogen-bond acceptors (Lipinski definition) is 11. The molecule has 5 rings (SSSR count). The molecule has 1 aromatic heterocycles. The molecule has 0 radical (unpaired) electrons. The molecular formula is C34H44N8O11S. The molecule has 4 heterocycles. The Morgan fingerprint density at radius 3 is 2.19 bits per heavy atom. The number of nitrogens with one attached hydrogen (secondary N) is 7. The second-order valence-electron chi connectivity index (χ2n) is 13.7. The Kier molecular flexibility index (Phi) is 12.5. The number of aliphatic carboxylic acids is 1. The number of aromatic amines is 1. The van der Waals surface area contributed by atoms with Gasteiger partial charge in [0.15, 0.2) is 0 Å². The fourth-order valence-electron chi connectivity index (χ4n) is 6.57. The van der Waals surface area contributed by atoms with Crippen LogP contribution in [0.2, 0.25) is 0 Å². The third-order valence-corrected chi connectivity index (χ3v) is 10.7. The number of benzene rings is 1. The molecule has 0 saturated carbocycles. The van der Waals surface area contributed by atoms with Crippen LogP contribution < -0.4 is 31.9 Å². The molecule has 0 spiro atoms. The van der Waals surface area contributed by atoms with Crippen molar-refractivity contribution in [2.75, 3.05) is 12.3 Å². The van der Waals surface area contributed by atoms with E-state index in [9.17, 15) is 53.7 Å². The number of hydrogen-bond donors (Lipinski definition) is 10. The number of carbonyl (C=O) groups excluding carboxylic acids is 7. The fourth-order valence-corrected chi connectivity index (χ4v) is 7.68. The number of amides is 7. The lowest BCUT2D eigenvalue weighted by atomic mass is 10.0. The highest BCUT2D eigenvalue weighted by Crippen LogP contribution is 2.32. The van der Waals surface area contributed by atoms with E-state index in [2.05, 4.69) is 36.9 Å². The van der Waals surface area contributed by atoms with Crippen LogP contribution in [0.25, 0.3) is 10.9 Å². The molecule has 3 aliphatic rings. The molecule has 10 N–H and O–H groups in total. The molecule has 1 saturated heterocycles. The zero-order valence-corrected chi connectivity index (χ0v) is 30.5. The molecule has 7 amide bonds. The summed E-state index contributed by atoms with van der Waals surface area (Å²) in [4.78, 5) is 112. The first kappa shape index (κ1) is 40.0. The van der Waals surface area contributed by atoms with Gasteiger partial charge in [0.2, 0.25) is 41.4 Å². The number of thioether (sulfide) groups is 1. The zero-order chi connectivity index (χ0) is 39.4. The highest BCUT2D eigenvalue weighted by Gasteiger charge is 2.43. The Morgan fingerprint density at radius 1 is 0.852 bits per heavy atom. The minimum Gasteiger partial charge on any atom is -0.481 e. The molecular weight excluding hydrogens is 728 g/mol. The van der Waals surface area contributed by atoms with Crippen molar-refractivity contribution < 1.29 is 53.7 Å². The van der Waals surface area contributed by atoms with Crippen molar-refractivity contribution in [1.29, 1.82) is 0 Å². The number of rotatable bonds is 4. The van der Waals surface area contributed by atoms with Crippen molar-refractivity contribution >= 4 is 70.0 Å². The Hall–Kier alpha value is -5.21. The van der Waals surface area contributed by atoms with Gasteiger partial charge in [0.1, 0.15) is 42.3 Å². The van der Waals surface area contributed by atoms with Crippen LogP contribution in [0, 0.1) is 0 Å². The van der Waals surface area contributed by atoms with Crippen LogP contribution in [0.1, 0.15) is 45.6 Å². The maximum absolute atomic E-state index is 14.3. The van der Waals surface area contributed by atoms with E-state index in [-0.39, 0.29) is 25.1 Å². The molecule has 0 unspecified atom stereocenters. The van der Waals surface area contributed by atoms with Crippen LogP contribution in [0.5, 0.6) is 0 Å². The summed E-state index contributed by atoms with van der Waals surface area (Å²) in [6.07, 6.45) is -3.95. The summed E-state index contributed by atoms with van der Waals surface area (Å²) in [6, 6.07) is -2.79. The topological polar surface area (TPSA) is 288 Å². The highest BCUT2D eigenvalue weighted by molar-refractivity contribution is 7.99. The van der Waals surface area contributed by atoms with Crippen molar-refractivity contribution in [1.82, 2.24) is 41.8 Å². The minimum atomic E-state index is -1.64. The monoisotopic (exact) mass is 772 g/mol. The Morgan fingerprint density at radius 2 is 1.50 bits per heavy atom. The van der Waals surface area contributed by atoms with E-state index >= 15 is 0 Å². The quantitative estimate of drug-likeness (QED) is 0.149. The maximum atomic E-state index is 14.3. The van der Waals surface area contributed by atoms with Gasteiger partial charge in [-0.15, -0.1) is 11.8 Å². The summed E-state index contributed by atoms with van der Waals surface area (Å²) in [5, 5.41) is 46.7. The number of para-hydroxylation sites is 1. The van der Waals surface area contributed by atoms with E-state index in [0.29, 0.717) is 21.5 Å². The normalized spacial score (nSPS) is 29.8. The van der Waals surface area contributed by atoms with Crippen LogP contribution in [0.3, 0.4) is 0 Å². The number of nitrogens with zero attached hydrogens (tertiary/aromatic N) is 1. The zero-order valence-electron chi connectivity index (χ0n) is 29.7. The number of aliphatic hydroxyl groups is 2. The van der Waals surface area contributed by atoms with Crippen molar-refractivity contribution in [3.05, 3.63) is 29.8 Å². The molecule has 1 aromatic carbocycles. The molecule has 54 heavy (non-hydrogen) atoms. The van der Waals surface area contributed by atoms with E-state index in [4.69, 9.17) is 0 Å². The summed E-state index contributed by atoms with van der Waals surface area (Å²) >= 11 is 1.08. The smallest absolute Gasteiger partial charge is 0.303 e. The summed E-state index contributed by atoms with van der Waals surface area (Å²) in [5.41, 5.74) is 1.15. The first-order chi connectivity index (χ1) is 25.5. The summed E-state index contributed by atoms with van der Waals surface area (Å²) < 4.78 is 0. The van der Waals surface area contributed by atoms with Crippen molar-refractivity contribution in [3.8, 4) is 0 Å². The number of carbonyl (C=O) groups is 8. The predicted octanol–water partition coefficient (Wildman–Crippen LogP) is -3.01. The van der Waals surface area contributed by atoms with Gasteiger partial charge in [-0.3, -0.25) is 38.4 Å². The van der Waals surface area contributed by atoms with Gasteiger partial charge in [0.05, 0.1) is 17.2 Å². The number of aliphatic hydroxyl groups excluding tert-OH is 2. The first-order valence-electron chi connectivity index (χ1n) is 17.5. The van der Waals surface area contributed by atoms with E-state index in [1.807, 2.05) is 0 Å². The molecule has 2 bridgehead atoms. The number of fused-ring (bicyclic) bond motifs is 5. The Balaban J connectivity index is 1.67.